The van der Waals surface area contributed by atoms with Gasteiger partial charge in [0.05, 0.1) is 12.7 Å². The second-order valence-corrected chi connectivity index (χ2v) is 7.45. The zero-order valence-corrected chi connectivity index (χ0v) is 15.7. The van der Waals surface area contributed by atoms with E-state index in [1.807, 2.05) is 25.1 Å². The van der Waals surface area contributed by atoms with Crippen molar-refractivity contribution >= 4 is 22.8 Å². The Hall–Kier alpha value is -2.30. The first kappa shape index (κ1) is 18.5. The van der Waals surface area contributed by atoms with Crippen molar-refractivity contribution in [3.63, 3.8) is 0 Å². The highest BCUT2D eigenvalue weighted by Crippen LogP contribution is 2.24. The van der Waals surface area contributed by atoms with Gasteiger partial charge < -0.3 is 14.5 Å². The lowest BCUT2D eigenvalue weighted by Crippen LogP contribution is -2.46. The van der Waals surface area contributed by atoms with Crippen molar-refractivity contribution in [1.29, 1.82) is 0 Å². The van der Waals surface area contributed by atoms with Crippen LogP contribution in [-0.4, -0.2) is 24.0 Å². The van der Waals surface area contributed by atoms with Crippen LogP contribution in [0.5, 0.6) is 0 Å². The number of hydrogen-bond acceptors (Lipinski definition) is 4. The highest BCUT2D eigenvalue weighted by molar-refractivity contribution is 5.88. The molecule has 0 unspecified atom stereocenters. The third kappa shape index (κ3) is 4.26. The number of ether oxygens (including phenoxy) is 1. The Morgan fingerprint density at radius 2 is 2.08 bits per heavy atom. The first-order chi connectivity index (χ1) is 12.4. The number of aryl methyl sites for hydroxylation is 1. The minimum Gasteiger partial charge on any atom is -0.464 e. The summed E-state index contributed by atoms with van der Waals surface area (Å²) in [5.74, 6) is -0.172. The van der Waals surface area contributed by atoms with E-state index in [0.29, 0.717) is 5.92 Å². The normalized spacial score (nSPS) is 21.3. The fourth-order valence-corrected chi connectivity index (χ4v) is 3.61. The van der Waals surface area contributed by atoms with Crippen molar-refractivity contribution in [2.24, 2.45) is 5.92 Å². The summed E-state index contributed by atoms with van der Waals surface area (Å²) in [6, 6.07) is 6.04. The molecule has 1 aliphatic carbocycles. The molecule has 1 aromatic carbocycles. The fourth-order valence-electron chi connectivity index (χ4n) is 3.61. The smallest absolute Gasteiger partial charge is 0.311 e. The Morgan fingerprint density at radius 3 is 2.85 bits per heavy atom. The Bertz CT molecular complexity index is 794. The maximum absolute atomic E-state index is 12.3. The summed E-state index contributed by atoms with van der Waals surface area (Å²) in [5.41, 5.74) is 2.63. The van der Waals surface area contributed by atoms with E-state index in [-0.39, 0.29) is 18.4 Å². The molecule has 140 valence electrons. The maximum atomic E-state index is 12.3. The molecule has 1 amide bonds. The van der Waals surface area contributed by atoms with Gasteiger partial charge in [-0.05, 0) is 44.2 Å². The van der Waals surface area contributed by atoms with Crippen molar-refractivity contribution in [2.45, 2.75) is 65.0 Å². The molecule has 1 aliphatic rings. The van der Waals surface area contributed by atoms with Crippen LogP contribution < -0.4 is 5.32 Å². The van der Waals surface area contributed by atoms with Gasteiger partial charge in [0, 0.05) is 17.0 Å². The SMILES string of the molecule is Cc1ccc2c(CC(=O)O[C@H](C)C(=O)N[C@H]3CCCC[C@@H]3C)coc2c1. The number of furan rings is 1. The van der Waals surface area contributed by atoms with Crippen molar-refractivity contribution < 1.29 is 18.7 Å². The molecule has 1 saturated carbocycles. The van der Waals surface area contributed by atoms with Crippen molar-refractivity contribution in [3.05, 3.63) is 35.6 Å². The van der Waals surface area contributed by atoms with Crippen LogP contribution >= 0.6 is 0 Å². The van der Waals surface area contributed by atoms with Crippen LogP contribution in [0.4, 0.5) is 0 Å². The Morgan fingerprint density at radius 1 is 1.31 bits per heavy atom. The van der Waals surface area contributed by atoms with E-state index in [1.165, 1.54) is 6.42 Å². The van der Waals surface area contributed by atoms with Crippen LogP contribution in [0.3, 0.4) is 0 Å². The van der Waals surface area contributed by atoms with Gasteiger partial charge in [0.15, 0.2) is 6.10 Å². The number of rotatable bonds is 5. The van der Waals surface area contributed by atoms with Crippen molar-refractivity contribution in [2.75, 3.05) is 0 Å². The number of esters is 1. The van der Waals surface area contributed by atoms with Gasteiger partial charge >= 0.3 is 5.97 Å². The van der Waals surface area contributed by atoms with E-state index in [2.05, 4.69) is 12.2 Å². The van der Waals surface area contributed by atoms with E-state index in [0.717, 1.165) is 41.4 Å². The Labute approximate surface area is 154 Å². The van der Waals surface area contributed by atoms with Crippen LogP contribution in [0.15, 0.2) is 28.9 Å². The van der Waals surface area contributed by atoms with Gasteiger partial charge in [-0.1, -0.05) is 31.9 Å². The maximum Gasteiger partial charge on any atom is 0.311 e. The molecule has 1 N–H and O–H groups in total. The molecule has 5 heteroatoms. The second-order valence-electron chi connectivity index (χ2n) is 7.45. The van der Waals surface area contributed by atoms with Crippen LogP contribution in [0.2, 0.25) is 0 Å². The van der Waals surface area contributed by atoms with Gasteiger partial charge in [-0.25, -0.2) is 0 Å². The minimum atomic E-state index is -0.794. The lowest BCUT2D eigenvalue weighted by Gasteiger charge is -2.30. The van der Waals surface area contributed by atoms with Crippen molar-refractivity contribution in [1.82, 2.24) is 5.32 Å². The third-order valence-electron chi connectivity index (χ3n) is 5.26. The largest absolute Gasteiger partial charge is 0.464 e. The van der Waals surface area contributed by atoms with Crippen LogP contribution in [0, 0.1) is 12.8 Å². The number of carbonyl (C=O) groups is 2. The molecule has 2 aromatic rings. The molecule has 0 spiro atoms. The summed E-state index contributed by atoms with van der Waals surface area (Å²) in [4.78, 5) is 24.6. The molecule has 1 fully saturated rings. The standard InChI is InChI=1S/C21H27NO4/c1-13-8-9-17-16(12-25-19(17)10-13)11-20(23)26-15(3)21(24)22-18-7-5-4-6-14(18)2/h8-10,12,14-15,18H,4-7,11H2,1-3H3,(H,22,24)/t14-,15+,18-/m0/s1. The van der Waals surface area contributed by atoms with Crippen LogP contribution in [0.1, 0.15) is 50.7 Å². The highest BCUT2D eigenvalue weighted by atomic mass is 16.5. The summed E-state index contributed by atoms with van der Waals surface area (Å²) in [7, 11) is 0. The number of nitrogens with one attached hydrogen (secondary N) is 1. The number of amides is 1. The van der Waals surface area contributed by atoms with E-state index in [4.69, 9.17) is 9.15 Å². The molecule has 1 aromatic heterocycles. The molecular weight excluding hydrogens is 330 g/mol. The Kier molecular flexibility index (Phi) is 5.64. The Balaban J connectivity index is 1.55. The lowest BCUT2D eigenvalue weighted by atomic mass is 9.86. The van der Waals surface area contributed by atoms with Crippen molar-refractivity contribution in [3.8, 4) is 0 Å². The predicted octanol–water partition coefficient (Wildman–Crippen LogP) is 3.91. The average molecular weight is 357 g/mol. The highest BCUT2D eigenvalue weighted by Gasteiger charge is 2.26. The first-order valence-corrected chi connectivity index (χ1v) is 9.40. The summed E-state index contributed by atoms with van der Waals surface area (Å²) >= 11 is 0. The number of fused-ring (bicyclic) bond motifs is 1. The monoisotopic (exact) mass is 357 g/mol. The molecule has 5 nitrogen and oxygen atoms in total. The zero-order valence-electron chi connectivity index (χ0n) is 15.7. The predicted molar refractivity (Wildman–Crippen MR) is 99.8 cm³/mol. The van der Waals surface area contributed by atoms with E-state index >= 15 is 0 Å². The van der Waals surface area contributed by atoms with Gasteiger partial charge in [-0.15, -0.1) is 0 Å². The van der Waals surface area contributed by atoms with Crippen LogP contribution in [0.25, 0.3) is 11.0 Å². The number of hydrogen-bond donors (Lipinski definition) is 1. The fraction of sp³-hybridized carbons (Fsp3) is 0.524. The average Bonchev–Trinajstić information content (AvgIpc) is 2.98. The molecule has 0 bridgehead atoms. The lowest BCUT2D eigenvalue weighted by molar-refractivity contribution is -0.154. The molecule has 3 atom stereocenters. The number of carbonyl (C=O) groups excluding carboxylic acids is 2. The third-order valence-corrected chi connectivity index (χ3v) is 5.26. The van der Waals surface area contributed by atoms with Gasteiger partial charge in [0.1, 0.15) is 5.58 Å². The molecule has 0 saturated heterocycles. The summed E-state index contributed by atoms with van der Waals surface area (Å²) in [6.45, 7) is 5.77. The molecule has 0 radical (unpaired) electrons. The quantitative estimate of drug-likeness (QED) is 0.824. The summed E-state index contributed by atoms with van der Waals surface area (Å²) in [5, 5.41) is 3.94. The second kappa shape index (κ2) is 7.94. The summed E-state index contributed by atoms with van der Waals surface area (Å²) < 4.78 is 10.9. The molecule has 26 heavy (non-hydrogen) atoms. The first-order valence-electron chi connectivity index (χ1n) is 9.40. The zero-order chi connectivity index (χ0) is 18.7. The van der Waals surface area contributed by atoms with E-state index in [1.54, 1.807) is 13.2 Å². The summed E-state index contributed by atoms with van der Waals surface area (Å²) in [6.07, 6.45) is 5.36. The van der Waals surface area contributed by atoms with Gasteiger partial charge in [-0.2, -0.15) is 0 Å². The molecular formula is C21H27NO4. The topological polar surface area (TPSA) is 68.5 Å². The molecule has 0 aliphatic heterocycles. The van der Waals surface area contributed by atoms with Gasteiger partial charge in [0.25, 0.3) is 5.91 Å². The van der Waals surface area contributed by atoms with E-state index < -0.39 is 12.1 Å². The van der Waals surface area contributed by atoms with E-state index in [9.17, 15) is 9.59 Å². The minimum absolute atomic E-state index is 0.0908. The molecule has 1 heterocycles. The van der Waals surface area contributed by atoms with Gasteiger partial charge in [0.2, 0.25) is 0 Å². The number of benzene rings is 1. The van der Waals surface area contributed by atoms with Gasteiger partial charge in [-0.3, -0.25) is 9.59 Å². The molecule has 3 rings (SSSR count). The van der Waals surface area contributed by atoms with Crippen LogP contribution in [-0.2, 0) is 20.7 Å².